The van der Waals surface area contributed by atoms with Gasteiger partial charge < -0.3 is 15.8 Å². The van der Waals surface area contributed by atoms with Gasteiger partial charge in [0.2, 0.25) is 11.8 Å². The van der Waals surface area contributed by atoms with Gasteiger partial charge in [-0.1, -0.05) is 11.6 Å². The Morgan fingerprint density at radius 2 is 2.35 bits per heavy atom. The molecule has 6 heteroatoms. The second-order valence-corrected chi connectivity index (χ2v) is 4.52. The predicted octanol–water partition coefficient (Wildman–Crippen LogP) is 0.967. The Hall–Kier alpha value is -1.33. The molecule has 0 aliphatic carbocycles. The number of halogens is 1. The van der Waals surface area contributed by atoms with Crippen LogP contribution in [0, 0.1) is 0 Å². The van der Waals surface area contributed by atoms with E-state index in [1.165, 1.54) is 0 Å². The molecule has 0 aliphatic rings. The summed E-state index contributed by atoms with van der Waals surface area (Å²) in [5, 5.41) is 3.10. The largest absolute Gasteiger partial charge is 0.475 e. The fourth-order valence-corrected chi connectivity index (χ4v) is 1.19. The molecule has 0 atom stereocenters. The molecule has 1 heterocycles. The average molecular weight is 258 g/mol. The zero-order valence-corrected chi connectivity index (χ0v) is 10.6. The number of rotatable bonds is 5. The molecule has 1 amide bonds. The molecule has 0 fully saturated rings. The molecule has 0 bridgehead atoms. The number of hydrogen-bond acceptors (Lipinski definition) is 4. The van der Waals surface area contributed by atoms with Crippen molar-refractivity contribution in [1.82, 2.24) is 10.3 Å². The molecule has 1 rings (SSSR count). The van der Waals surface area contributed by atoms with Crippen molar-refractivity contribution in [3.63, 3.8) is 0 Å². The normalized spacial score (nSPS) is 11.1. The number of aromatic nitrogens is 1. The zero-order valence-electron chi connectivity index (χ0n) is 9.87. The Balaban J connectivity index is 2.30. The van der Waals surface area contributed by atoms with E-state index in [0.717, 1.165) is 0 Å². The van der Waals surface area contributed by atoms with Crippen molar-refractivity contribution in [3.8, 4) is 5.88 Å². The first-order valence-electron chi connectivity index (χ1n) is 5.22. The summed E-state index contributed by atoms with van der Waals surface area (Å²) in [6.07, 6.45) is 1.59. The van der Waals surface area contributed by atoms with Crippen molar-refractivity contribution in [2.45, 2.75) is 19.4 Å². The minimum absolute atomic E-state index is 0.229. The average Bonchev–Trinajstić information content (AvgIpc) is 2.25. The molecule has 1 aromatic heterocycles. The number of amides is 1. The van der Waals surface area contributed by atoms with Crippen LogP contribution in [0.3, 0.4) is 0 Å². The maximum absolute atomic E-state index is 11.4. The summed E-state index contributed by atoms with van der Waals surface area (Å²) in [5.41, 5.74) is 4.72. The van der Waals surface area contributed by atoms with Gasteiger partial charge in [-0.25, -0.2) is 4.98 Å². The van der Waals surface area contributed by atoms with Gasteiger partial charge in [0.1, 0.15) is 11.6 Å². The van der Waals surface area contributed by atoms with Crippen LogP contribution in [-0.2, 0) is 4.79 Å². The third kappa shape index (κ3) is 4.58. The number of carbonyl (C=O) groups is 1. The van der Waals surface area contributed by atoms with Crippen molar-refractivity contribution < 1.29 is 9.53 Å². The summed E-state index contributed by atoms with van der Waals surface area (Å²) < 4.78 is 5.30. The second kappa shape index (κ2) is 5.84. The molecule has 0 aromatic carbocycles. The molecule has 0 aliphatic heterocycles. The number of ether oxygens (including phenoxy) is 1. The molecule has 94 valence electrons. The first-order chi connectivity index (χ1) is 7.91. The lowest BCUT2D eigenvalue weighted by atomic mass is 10.1. The molecular weight excluding hydrogens is 242 g/mol. The van der Waals surface area contributed by atoms with E-state index >= 15 is 0 Å². The zero-order chi connectivity index (χ0) is 12.9. The maximum Gasteiger partial charge on any atom is 0.239 e. The number of nitrogens with one attached hydrogen (secondary N) is 1. The molecule has 3 N–H and O–H groups in total. The Morgan fingerprint density at radius 3 is 2.94 bits per heavy atom. The molecule has 0 radical (unpaired) electrons. The molecule has 5 nitrogen and oxygen atoms in total. The van der Waals surface area contributed by atoms with Crippen LogP contribution < -0.4 is 15.8 Å². The third-order valence-electron chi connectivity index (χ3n) is 1.94. The van der Waals surface area contributed by atoms with E-state index in [2.05, 4.69) is 10.3 Å². The van der Waals surface area contributed by atoms with E-state index in [-0.39, 0.29) is 5.91 Å². The summed E-state index contributed by atoms with van der Waals surface area (Å²) in [6.45, 7) is 3.92. The second-order valence-electron chi connectivity index (χ2n) is 4.12. The van der Waals surface area contributed by atoms with Crippen molar-refractivity contribution in [1.29, 1.82) is 0 Å². The summed E-state index contributed by atoms with van der Waals surface area (Å²) >= 11 is 5.84. The van der Waals surface area contributed by atoms with Gasteiger partial charge in [0.25, 0.3) is 0 Å². The molecule has 0 unspecified atom stereocenters. The summed E-state index contributed by atoms with van der Waals surface area (Å²) in [6, 6.07) is 3.40. The number of nitrogens with two attached hydrogens (primary N) is 1. The Bertz CT molecular complexity index is 391. The van der Waals surface area contributed by atoms with Crippen molar-refractivity contribution in [3.05, 3.63) is 23.4 Å². The van der Waals surface area contributed by atoms with E-state index in [4.69, 9.17) is 22.1 Å². The highest BCUT2D eigenvalue weighted by Gasteiger charge is 2.20. The van der Waals surface area contributed by atoms with Crippen LogP contribution in [0.1, 0.15) is 13.8 Å². The highest BCUT2D eigenvalue weighted by molar-refractivity contribution is 6.31. The Morgan fingerprint density at radius 1 is 1.65 bits per heavy atom. The highest BCUT2D eigenvalue weighted by Crippen LogP contribution is 2.19. The summed E-state index contributed by atoms with van der Waals surface area (Å²) in [5.74, 6) is 0.128. The highest BCUT2D eigenvalue weighted by atomic mass is 35.5. The molecule has 17 heavy (non-hydrogen) atoms. The summed E-state index contributed by atoms with van der Waals surface area (Å²) in [7, 11) is 0. The third-order valence-corrected chi connectivity index (χ3v) is 2.22. The van der Waals surface area contributed by atoms with Crippen LogP contribution in [0.5, 0.6) is 5.88 Å². The number of hydrogen-bond donors (Lipinski definition) is 2. The number of pyridine rings is 1. The van der Waals surface area contributed by atoms with E-state index in [1.807, 2.05) is 0 Å². The van der Waals surface area contributed by atoms with Crippen LogP contribution in [0.2, 0.25) is 5.02 Å². The van der Waals surface area contributed by atoms with Gasteiger partial charge >= 0.3 is 0 Å². The topological polar surface area (TPSA) is 77.2 Å². The molecule has 0 saturated heterocycles. The van der Waals surface area contributed by atoms with Crippen LogP contribution in [0.4, 0.5) is 0 Å². The van der Waals surface area contributed by atoms with Gasteiger partial charge in [-0.05, 0) is 26.0 Å². The first-order valence-corrected chi connectivity index (χ1v) is 5.59. The van der Waals surface area contributed by atoms with E-state index in [0.29, 0.717) is 24.1 Å². The van der Waals surface area contributed by atoms with Gasteiger partial charge in [-0.3, -0.25) is 4.79 Å². The van der Waals surface area contributed by atoms with Crippen molar-refractivity contribution in [2.24, 2.45) is 5.73 Å². The molecule has 1 aromatic rings. The molecule has 0 spiro atoms. The lowest BCUT2D eigenvalue weighted by Gasteiger charge is -2.17. The van der Waals surface area contributed by atoms with Crippen LogP contribution >= 0.6 is 11.6 Å². The lowest BCUT2D eigenvalue weighted by molar-refractivity contribution is -0.125. The van der Waals surface area contributed by atoms with Crippen LogP contribution in [0.25, 0.3) is 0 Å². The van der Waals surface area contributed by atoms with E-state index < -0.39 is 5.54 Å². The predicted molar refractivity (Wildman–Crippen MR) is 66.0 cm³/mol. The van der Waals surface area contributed by atoms with Gasteiger partial charge in [0.05, 0.1) is 12.1 Å². The maximum atomic E-state index is 11.4. The molecular formula is C11H16ClN3O2. The van der Waals surface area contributed by atoms with Gasteiger partial charge in [-0.15, -0.1) is 0 Å². The Kier molecular flexibility index (Phi) is 4.72. The lowest BCUT2D eigenvalue weighted by Crippen LogP contribution is -2.49. The SMILES string of the molecule is CC(C)(N)C(=O)NCCOc1ncccc1Cl. The van der Waals surface area contributed by atoms with E-state index in [9.17, 15) is 4.79 Å². The monoisotopic (exact) mass is 257 g/mol. The summed E-state index contributed by atoms with van der Waals surface area (Å²) in [4.78, 5) is 15.4. The number of carbonyl (C=O) groups excluding carboxylic acids is 1. The van der Waals surface area contributed by atoms with Gasteiger partial charge in [0, 0.05) is 6.20 Å². The fraction of sp³-hybridized carbons (Fsp3) is 0.455. The van der Waals surface area contributed by atoms with Crippen molar-refractivity contribution in [2.75, 3.05) is 13.2 Å². The minimum Gasteiger partial charge on any atom is -0.475 e. The van der Waals surface area contributed by atoms with Crippen molar-refractivity contribution >= 4 is 17.5 Å². The van der Waals surface area contributed by atoms with Crippen LogP contribution in [-0.4, -0.2) is 29.6 Å². The standard InChI is InChI=1S/C11H16ClN3O2/c1-11(2,13)10(16)15-6-7-17-9-8(12)4-3-5-14-9/h3-5H,6-7,13H2,1-2H3,(H,15,16). The minimum atomic E-state index is -0.886. The smallest absolute Gasteiger partial charge is 0.239 e. The fourth-order valence-electron chi connectivity index (χ4n) is 1.02. The van der Waals surface area contributed by atoms with Crippen LogP contribution in [0.15, 0.2) is 18.3 Å². The first kappa shape index (κ1) is 13.7. The quantitative estimate of drug-likeness (QED) is 0.771. The van der Waals surface area contributed by atoms with E-state index in [1.54, 1.807) is 32.2 Å². The van der Waals surface area contributed by atoms with Gasteiger partial charge in [0.15, 0.2) is 0 Å². The molecule has 0 saturated carbocycles. The Labute approximate surface area is 105 Å². The number of nitrogens with zero attached hydrogens (tertiary/aromatic N) is 1. The van der Waals surface area contributed by atoms with Gasteiger partial charge in [-0.2, -0.15) is 0 Å².